The van der Waals surface area contributed by atoms with Gasteiger partial charge >= 0.3 is 0 Å². The molecule has 7 nitrogen and oxygen atoms in total. The van der Waals surface area contributed by atoms with Gasteiger partial charge in [-0.15, -0.1) is 0 Å². The molecule has 1 aromatic heterocycles. The number of pyridine rings is 1. The van der Waals surface area contributed by atoms with Crippen LogP contribution in [-0.4, -0.2) is 48.7 Å². The van der Waals surface area contributed by atoms with Crippen molar-refractivity contribution in [1.82, 2.24) is 15.2 Å². The van der Waals surface area contributed by atoms with E-state index in [1.165, 1.54) is 25.3 Å². The lowest BCUT2D eigenvalue weighted by atomic mass is 10.0. The van der Waals surface area contributed by atoms with E-state index in [4.69, 9.17) is 15.9 Å². The van der Waals surface area contributed by atoms with Crippen molar-refractivity contribution in [2.45, 2.75) is 18.9 Å². The van der Waals surface area contributed by atoms with Gasteiger partial charge in [0.05, 0.1) is 13.2 Å². The third-order valence-electron chi connectivity index (χ3n) is 6.06. The van der Waals surface area contributed by atoms with Crippen molar-refractivity contribution < 1.29 is 9.53 Å². The summed E-state index contributed by atoms with van der Waals surface area (Å²) >= 11 is 0. The predicted molar refractivity (Wildman–Crippen MR) is 132 cm³/mol. The van der Waals surface area contributed by atoms with E-state index in [1.807, 2.05) is 42.5 Å². The van der Waals surface area contributed by atoms with Gasteiger partial charge in [-0.25, -0.2) is 0 Å². The highest BCUT2D eigenvalue weighted by molar-refractivity contribution is 6.09. The first-order valence-electron chi connectivity index (χ1n) is 11.1. The zero-order valence-corrected chi connectivity index (χ0v) is 18.8. The fraction of sp³-hybridized carbons (Fsp3) is 0.269. The highest BCUT2D eigenvalue weighted by atomic mass is 16.5. The van der Waals surface area contributed by atoms with Crippen LogP contribution in [0.5, 0.6) is 5.75 Å². The summed E-state index contributed by atoms with van der Waals surface area (Å²) < 4.78 is 5.39. The standard InChI is InChI=1S/C26H29N5O2/c1-33-23-6-4-5-19(12-23)25(17-31-9-2-3-10-31)30-26(32)24-13-21-11-18(22(14-27)15-28)7-8-20(21)16-29-24/h4-8,11-16,25,27H,2-3,9-10,17,28H2,1H3,(H,30,32)/b22-15+,27-14?. The van der Waals surface area contributed by atoms with Crippen molar-refractivity contribution >= 4 is 28.5 Å². The molecule has 0 aliphatic carbocycles. The van der Waals surface area contributed by atoms with E-state index < -0.39 is 0 Å². The molecule has 1 aliphatic rings. The van der Waals surface area contributed by atoms with Crippen molar-refractivity contribution in [2.75, 3.05) is 26.7 Å². The Morgan fingerprint density at radius 3 is 2.76 bits per heavy atom. The zero-order chi connectivity index (χ0) is 23.2. The Balaban J connectivity index is 1.61. The van der Waals surface area contributed by atoms with Gasteiger partial charge in [-0.05, 0) is 66.7 Å². The molecular weight excluding hydrogens is 414 g/mol. The maximum Gasteiger partial charge on any atom is 0.270 e. The van der Waals surface area contributed by atoms with E-state index in [2.05, 4.69) is 15.2 Å². The van der Waals surface area contributed by atoms with Crippen molar-refractivity contribution in [1.29, 1.82) is 5.41 Å². The van der Waals surface area contributed by atoms with E-state index in [0.29, 0.717) is 11.3 Å². The van der Waals surface area contributed by atoms with Crippen LogP contribution in [0, 0.1) is 5.41 Å². The summed E-state index contributed by atoms with van der Waals surface area (Å²) in [6.07, 6.45) is 6.68. The highest BCUT2D eigenvalue weighted by Crippen LogP contribution is 2.24. The molecule has 4 N–H and O–H groups in total. The lowest BCUT2D eigenvalue weighted by Gasteiger charge is -2.25. The van der Waals surface area contributed by atoms with E-state index in [-0.39, 0.29) is 11.9 Å². The summed E-state index contributed by atoms with van der Waals surface area (Å²) in [6, 6.07) is 15.2. The van der Waals surface area contributed by atoms with Gasteiger partial charge in [0.1, 0.15) is 11.4 Å². The van der Waals surface area contributed by atoms with Gasteiger partial charge in [-0.3, -0.25) is 9.78 Å². The number of nitrogens with two attached hydrogens (primary N) is 1. The van der Waals surface area contributed by atoms with Crippen LogP contribution in [0.15, 0.2) is 60.9 Å². The lowest BCUT2D eigenvalue weighted by Crippen LogP contribution is -2.37. The van der Waals surface area contributed by atoms with Gasteiger partial charge in [-0.1, -0.05) is 24.3 Å². The molecule has 4 rings (SSSR count). The first kappa shape index (κ1) is 22.5. The highest BCUT2D eigenvalue weighted by Gasteiger charge is 2.22. The van der Waals surface area contributed by atoms with E-state index in [1.54, 1.807) is 19.4 Å². The Hall–Kier alpha value is -3.71. The van der Waals surface area contributed by atoms with Crippen LogP contribution in [0.4, 0.5) is 0 Å². The number of hydrogen-bond donors (Lipinski definition) is 3. The molecule has 3 aromatic rings. The Labute approximate surface area is 193 Å². The summed E-state index contributed by atoms with van der Waals surface area (Å²) in [6.45, 7) is 2.81. The monoisotopic (exact) mass is 443 g/mol. The van der Waals surface area contributed by atoms with Crippen LogP contribution < -0.4 is 15.8 Å². The molecule has 1 amide bonds. The number of ether oxygens (including phenoxy) is 1. The molecule has 1 fully saturated rings. The number of carbonyl (C=O) groups is 1. The van der Waals surface area contributed by atoms with Gasteiger partial charge in [0, 0.05) is 36.1 Å². The molecule has 0 radical (unpaired) electrons. The molecule has 2 heterocycles. The molecule has 1 unspecified atom stereocenters. The minimum atomic E-state index is -0.226. The number of carbonyl (C=O) groups excluding carboxylic acids is 1. The number of aromatic nitrogens is 1. The van der Waals surface area contributed by atoms with Crippen molar-refractivity contribution in [3.05, 3.63) is 77.7 Å². The molecule has 7 heteroatoms. The normalized spacial score (nSPS) is 15.4. The molecule has 0 saturated carbocycles. The Morgan fingerprint density at radius 1 is 1.21 bits per heavy atom. The van der Waals surface area contributed by atoms with Crippen LogP contribution in [0.25, 0.3) is 16.3 Å². The van der Waals surface area contributed by atoms with Gasteiger partial charge < -0.3 is 26.1 Å². The number of amides is 1. The van der Waals surface area contributed by atoms with Crippen LogP contribution in [-0.2, 0) is 0 Å². The van der Waals surface area contributed by atoms with Crippen LogP contribution in [0.3, 0.4) is 0 Å². The number of methoxy groups -OCH3 is 1. The van der Waals surface area contributed by atoms with Gasteiger partial charge in [-0.2, -0.15) is 0 Å². The van der Waals surface area contributed by atoms with Gasteiger partial charge in [0.15, 0.2) is 0 Å². The number of rotatable bonds is 8. The summed E-state index contributed by atoms with van der Waals surface area (Å²) in [5, 5.41) is 12.5. The van der Waals surface area contributed by atoms with Crippen LogP contribution >= 0.6 is 0 Å². The summed E-state index contributed by atoms with van der Waals surface area (Å²) in [7, 11) is 1.64. The maximum atomic E-state index is 13.2. The molecule has 170 valence electrons. The zero-order valence-electron chi connectivity index (χ0n) is 18.8. The smallest absolute Gasteiger partial charge is 0.270 e. The second-order valence-corrected chi connectivity index (χ2v) is 8.21. The third kappa shape index (κ3) is 5.21. The topological polar surface area (TPSA) is 104 Å². The van der Waals surface area contributed by atoms with Crippen molar-refractivity contribution in [2.24, 2.45) is 5.73 Å². The largest absolute Gasteiger partial charge is 0.497 e. The van der Waals surface area contributed by atoms with Crippen LogP contribution in [0.2, 0.25) is 0 Å². The fourth-order valence-corrected chi connectivity index (χ4v) is 4.22. The number of fused-ring (bicyclic) bond motifs is 1. The molecule has 0 spiro atoms. The molecule has 33 heavy (non-hydrogen) atoms. The number of nitrogens with zero attached hydrogens (tertiary/aromatic N) is 2. The van der Waals surface area contributed by atoms with Crippen molar-refractivity contribution in [3.8, 4) is 5.75 Å². The molecular formula is C26H29N5O2. The SMILES string of the molecule is COc1cccc(C(CN2CCCC2)NC(=O)c2cc3cc(/C(C=N)=C/N)ccc3cn2)c1. The summed E-state index contributed by atoms with van der Waals surface area (Å²) in [5.41, 5.74) is 8.42. The molecule has 2 aromatic carbocycles. The maximum absolute atomic E-state index is 13.2. The average molecular weight is 444 g/mol. The van der Waals surface area contributed by atoms with E-state index in [9.17, 15) is 4.79 Å². The molecule has 1 aliphatic heterocycles. The molecule has 1 atom stereocenters. The van der Waals surface area contributed by atoms with Gasteiger partial charge in [0.25, 0.3) is 5.91 Å². The second kappa shape index (κ2) is 10.3. The molecule has 1 saturated heterocycles. The number of hydrogen-bond acceptors (Lipinski definition) is 6. The quantitative estimate of drug-likeness (QED) is 0.460. The van der Waals surface area contributed by atoms with Crippen molar-refractivity contribution in [3.63, 3.8) is 0 Å². The number of nitrogens with one attached hydrogen (secondary N) is 2. The minimum absolute atomic E-state index is 0.181. The first-order valence-corrected chi connectivity index (χ1v) is 11.1. The van der Waals surface area contributed by atoms with E-state index in [0.717, 1.165) is 47.3 Å². The van der Waals surface area contributed by atoms with Gasteiger partial charge in [0.2, 0.25) is 0 Å². The average Bonchev–Trinajstić information content (AvgIpc) is 3.37. The van der Waals surface area contributed by atoms with E-state index >= 15 is 0 Å². The fourth-order valence-electron chi connectivity index (χ4n) is 4.22. The minimum Gasteiger partial charge on any atom is -0.497 e. The molecule has 0 bridgehead atoms. The first-order chi connectivity index (χ1) is 16.1. The number of allylic oxidation sites excluding steroid dienone is 1. The second-order valence-electron chi connectivity index (χ2n) is 8.21. The summed E-state index contributed by atoms with van der Waals surface area (Å²) in [5.74, 6) is 0.537. The lowest BCUT2D eigenvalue weighted by molar-refractivity contribution is 0.0922. The Kier molecular flexibility index (Phi) is 7.00. The Morgan fingerprint density at radius 2 is 2.03 bits per heavy atom. The third-order valence-corrected chi connectivity index (χ3v) is 6.06. The number of benzene rings is 2. The number of likely N-dealkylation sites (tertiary alicyclic amines) is 1. The summed E-state index contributed by atoms with van der Waals surface area (Å²) in [4.78, 5) is 20.0. The predicted octanol–water partition coefficient (Wildman–Crippen LogP) is 3.76. The Bertz CT molecular complexity index is 1180. The van der Waals surface area contributed by atoms with Crippen LogP contribution in [0.1, 0.15) is 40.5 Å².